The van der Waals surface area contributed by atoms with Gasteiger partial charge in [-0.05, 0) is 43.2 Å². The van der Waals surface area contributed by atoms with Gasteiger partial charge in [0.05, 0.1) is 0 Å². The van der Waals surface area contributed by atoms with E-state index in [9.17, 15) is 0 Å². The molecule has 4 rings (SSSR count). The van der Waals surface area contributed by atoms with Crippen LogP contribution < -0.4 is 15.1 Å². The molecule has 2 aromatic carbocycles. The quantitative estimate of drug-likeness (QED) is 0.717. The van der Waals surface area contributed by atoms with Gasteiger partial charge in [0.15, 0.2) is 0 Å². The SMILES string of the molecule is CCc1ccc(Nc2nc(C)cc(N3CCN(c4ccccc4)CC3)n2)cc1. The van der Waals surface area contributed by atoms with Gasteiger partial charge in [0, 0.05) is 49.3 Å². The van der Waals surface area contributed by atoms with Crippen LogP contribution in [0.3, 0.4) is 0 Å². The number of aryl methyl sites for hydroxylation is 2. The van der Waals surface area contributed by atoms with E-state index in [1.165, 1.54) is 11.3 Å². The normalized spacial score (nSPS) is 14.2. The minimum atomic E-state index is 0.657. The highest BCUT2D eigenvalue weighted by Gasteiger charge is 2.19. The van der Waals surface area contributed by atoms with E-state index in [1.54, 1.807) is 0 Å². The number of nitrogens with one attached hydrogen (secondary N) is 1. The smallest absolute Gasteiger partial charge is 0.229 e. The van der Waals surface area contributed by atoms with Crippen LogP contribution in [0.25, 0.3) is 0 Å². The molecule has 3 aromatic rings. The number of hydrogen-bond donors (Lipinski definition) is 1. The summed E-state index contributed by atoms with van der Waals surface area (Å²) in [5, 5.41) is 3.35. The lowest BCUT2D eigenvalue weighted by molar-refractivity contribution is 0.647. The van der Waals surface area contributed by atoms with Crippen LogP contribution in [0.2, 0.25) is 0 Å². The van der Waals surface area contributed by atoms with Crippen LogP contribution in [-0.4, -0.2) is 36.1 Å². The molecule has 1 N–H and O–H groups in total. The van der Waals surface area contributed by atoms with Crippen molar-refractivity contribution in [1.82, 2.24) is 9.97 Å². The van der Waals surface area contributed by atoms with Crippen molar-refractivity contribution in [3.8, 4) is 0 Å². The summed E-state index contributed by atoms with van der Waals surface area (Å²) in [4.78, 5) is 14.1. The van der Waals surface area contributed by atoms with Crippen molar-refractivity contribution in [2.45, 2.75) is 20.3 Å². The van der Waals surface area contributed by atoms with E-state index in [0.29, 0.717) is 5.95 Å². The number of piperazine rings is 1. The topological polar surface area (TPSA) is 44.3 Å². The van der Waals surface area contributed by atoms with Crippen molar-refractivity contribution in [2.24, 2.45) is 0 Å². The van der Waals surface area contributed by atoms with Crippen molar-refractivity contribution < 1.29 is 0 Å². The summed E-state index contributed by atoms with van der Waals surface area (Å²) in [5.41, 5.74) is 4.61. The summed E-state index contributed by atoms with van der Waals surface area (Å²) in [7, 11) is 0. The van der Waals surface area contributed by atoms with Crippen molar-refractivity contribution in [1.29, 1.82) is 0 Å². The summed E-state index contributed by atoms with van der Waals surface area (Å²) in [6.07, 6.45) is 1.04. The molecule has 0 radical (unpaired) electrons. The molecule has 0 atom stereocenters. The Balaban J connectivity index is 1.45. The molecule has 1 aromatic heterocycles. The average Bonchev–Trinajstić information content (AvgIpc) is 2.75. The zero-order chi connectivity index (χ0) is 19.3. The first kappa shape index (κ1) is 18.3. The Labute approximate surface area is 167 Å². The third-order valence-corrected chi connectivity index (χ3v) is 5.18. The van der Waals surface area contributed by atoms with E-state index < -0.39 is 0 Å². The Kier molecular flexibility index (Phi) is 5.42. The van der Waals surface area contributed by atoms with E-state index in [0.717, 1.165) is 49.8 Å². The van der Waals surface area contributed by atoms with Gasteiger partial charge in [0.1, 0.15) is 5.82 Å². The Morgan fingerprint density at radius 1 is 0.857 bits per heavy atom. The molecular formula is C23H27N5. The second kappa shape index (κ2) is 8.30. The molecule has 28 heavy (non-hydrogen) atoms. The predicted molar refractivity (Wildman–Crippen MR) is 117 cm³/mol. The van der Waals surface area contributed by atoms with Crippen LogP contribution in [0, 0.1) is 6.92 Å². The van der Waals surface area contributed by atoms with E-state index in [2.05, 4.69) is 87.7 Å². The fraction of sp³-hybridized carbons (Fsp3) is 0.304. The zero-order valence-electron chi connectivity index (χ0n) is 16.6. The fourth-order valence-electron chi connectivity index (χ4n) is 3.56. The van der Waals surface area contributed by atoms with Crippen LogP contribution in [0.15, 0.2) is 60.7 Å². The highest BCUT2D eigenvalue weighted by molar-refractivity contribution is 5.57. The lowest BCUT2D eigenvalue weighted by Gasteiger charge is -2.36. The molecule has 144 valence electrons. The molecule has 0 aliphatic carbocycles. The lowest BCUT2D eigenvalue weighted by atomic mass is 10.1. The number of rotatable bonds is 5. The first-order valence-electron chi connectivity index (χ1n) is 9.98. The number of nitrogens with zero attached hydrogens (tertiary/aromatic N) is 4. The van der Waals surface area contributed by atoms with Gasteiger partial charge < -0.3 is 15.1 Å². The van der Waals surface area contributed by atoms with Crippen molar-refractivity contribution in [2.75, 3.05) is 41.3 Å². The van der Waals surface area contributed by atoms with Crippen molar-refractivity contribution in [3.63, 3.8) is 0 Å². The van der Waals surface area contributed by atoms with Crippen LogP contribution in [0.4, 0.5) is 23.1 Å². The molecule has 0 spiro atoms. The van der Waals surface area contributed by atoms with Crippen LogP contribution >= 0.6 is 0 Å². The molecule has 1 fully saturated rings. The van der Waals surface area contributed by atoms with Gasteiger partial charge in [-0.25, -0.2) is 4.98 Å². The molecule has 0 unspecified atom stereocenters. The maximum atomic E-state index is 4.78. The Bertz CT molecular complexity index is 900. The van der Waals surface area contributed by atoms with Crippen LogP contribution in [-0.2, 0) is 6.42 Å². The van der Waals surface area contributed by atoms with E-state index in [4.69, 9.17) is 4.98 Å². The first-order chi connectivity index (χ1) is 13.7. The molecule has 2 heterocycles. The van der Waals surface area contributed by atoms with E-state index in [1.807, 2.05) is 6.92 Å². The molecule has 5 heteroatoms. The number of benzene rings is 2. The monoisotopic (exact) mass is 373 g/mol. The largest absolute Gasteiger partial charge is 0.368 e. The average molecular weight is 374 g/mol. The predicted octanol–water partition coefficient (Wildman–Crippen LogP) is 4.42. The second-order valence-corrected chi connectivity index (χ2v) is 7.18. The molecular weight excluding hydrogens is 346 g/mol. The van der Waals surface area contributed by atoms with Gasteiger partial charge >= 0.3 is 0 Å². The van der Waals surface area contributed by atoms with Crippen molar-refractivity contribution >= 4 is 23.1 Å². The number of hydrogen-bond acceptors (Lipinski definition) is 5. The Hall–Kier alpha value is -3.08. The van der Waals surface area contributed by atoms with Gasteiger partial charge in [-0.3, -0.25) is 0 Å². The summed E-state index contributed by atoms with van der Waals surface area (Å²) < 4.78 is 0. The molecule has 0 amide bonds. The van der Waals surface area contributed by atoms with Crippen molar-refractivity contribution in [3.05, 3.63) is 71.9 Å². The Morgan fingerprint density at radius 3 is 2.21 bits per heavy atom. The first-order valence-corrected chi connectivity index (χ1v) is 9.98. The molecule has 5 nitrogen and oxygen atoms in total. The minimum absolute atomic E-state index is 0.657. The maximum absolute atomic E-state index is 4.78. The highest BCUT2D eigenvalue weighted by Crippen LogP contribution is 2.22. The maximum Gasteiger partial charge on any atom is 0.229 e. The second-order valence-electron chi connectivity index (χ2n) is 7.18. The van der Waals surface area contributed by atoms with Gasteiger partial charge in [0.2, 0.25) is 5.95 Å². The highest BCUT2D eigenvalue weighted by atomic mass is 15.3. The summed E-state index contributed by atoms with van der Waals surface area (Å²) in [6.45, 7) is 8.08. The van der Waals surface area contributed by atoms with Gasteiger partial charge in [0.25, 0.3) is 0 Å². The van der Waals surface area contributed by atoms with Crippen LogP contribution in [0.1, 0.15) is 18.2 Å². The summed E-state index contributed by atoms with van der Waals surface area (Å²) in [6, 6.07) is 21.1. The molecule has 0 saturated carbocycles. The summed E-state index contributed by atoms with van der Waals surface area (Å²) in [5.74, 6) is 1.65. The minimum Gasteiger partial charge on any atom is -0.368 e. The van der Waals surface area contributed by atoms with Crippen LogP contribution in [0.5, 0.6) is 0 Å². The zero-order valence-corrected chi connectivity index (χ0v) is 16.6. The molecule has 1 aliphatic heterocycles. The van der Waals surface area contributed by atoms with E-state index in [-0.39, 0.29) is 0 Å². The molecule has 0 bridgehead atoms. The lowest BCUT2D eigenvalue weighted by Crippen LogP contribution is -2.46. The summed E-state index contributed by atoms with van der Waals surface area (Å²) >= 11 is 0. The fourth-order valence-corrected chi connectivity index (χ4v) is 3.56. The number of para-hydroxylation sites is 1. The molecule has 1 aliphatic rings. The number of anilines is 4. The third-order valence-electron chi connectivity index (χ3n) is 5.18. The third kappa shape index (κ3) is 4.25. The van der Waals surface area contributed by atoms with Gasteiger partial charge in [-0.2, -0.15) is 4.98 Å². The molecule has 1 saturated heterocycles. The van der Waals surface area contributed by atoms with Gasteiger partial charge in [-0.1, -0.05) is 37.3 Å². The van der Waals surface area contributed by atoms with Gasteiger partial charge in [-0.15, -0.1) is 0 Å². The Morgan fingerprint density at radius 2 is 1.54 bits per heavy atom. The number of aromatic nitrogens is 2. The van der Waals surface area contributed by atoms with E-state index >= 15 is 0 Å². The standard InChI is InChI=1S/C23H27N5/c1-3-19-9-11-20(12-10-19)25-23-24-18(2)17-22(26-23)28-15-13-27(14-16-28)21-7-5-4-6-8-21/h4-12,17H,3,13-16H2,1-2H3,(H,24,25,26).